The van der Waals surface area contributed by atoms with Crippen LogP contribution >= 0.6 is 0 Å². The Morgan fingerprint density at radius 2 is 1.82 bits per heavy atom. The largest absolute Gasteiger partial charge is 0.493 e. The number of nitriles is 3. The van der Waals surface area contributed by atoms with E-state index in [1.165, 1.54) is 14.2 Å². The fraction of sp³-hybridized carbons (Fsp3) is 0.500. The van der Waals surface area contributed by atoms with Crippen LogP contribution in [0.25, 0.3) is 0 Å². The molecule has 8 heteroatoms. The fourth-order valence-corrected chi connectivity index (χ4v) is 4.44. The molecular weight excluding hydrogens is 360 g/mol. The van der Waals surface area contributed by atoms with Gasteiger partial charge in [0, 0.05) is 12.0 Å². The van der Waals surface area contributed by atoms with Gasteiger partial charge in [-0.2, -0.15) is 15.8 Å². The molecule has 4 unspecified atom stereocenters. The molecule has 28 heavy (non-hydrogen) atoms. The maximum absolute atomic E-state index is 10.1. The number of ether oxygens (including phenoxy) is 4. The topological polar surface area (TPSA) is 132 Å². The number of nitrogens with one attached hydrogen (secondary N) is 1. The van der Waals surface area contributed by atoms with Crippen molar-refractivity contribution in [1.82, 2.24) is 0 Å². The van der Waals surface area contributed by atoms with E-state index in [1.807, 2.05) is 19.1 Å². The summed E-state index contributed by atoms with van der Waals surface area (Å²) in [5.74, 6) is -1.73. The number of methoxy groups -OCH3 is 2. The molecule has 144 valence electrons. The van der Waals surface area contributed by atoms with Crippen LogP contribution in [-0.4, -0.2) is 25.9 Å². The molecule has 1 aromatic carbocycles. The molecule has 2 fully saturated rings. The van der Waals surface area contributed by atoms with Crippen molar-refractivity contribution in [2.45, 2.75) is 32.2 Å². The lowest BCUT2D eigenvalue weighted by molar-refractivity contribution is -0.280. The molecule has 4 atom stereocenters. The molecule has 1 N–H and O–H groups in total. The van der Waals surface area contributed by atoms with E-state index in [9.17, 15) is 15.8 Å². The number of hydrogen-bond donors (Lipinski definition) is 1. The third kappa shape index (κ3) is 1.97. The summed E-state index contributed by atoms with van der Waals surface area (Å²) in [4.78, 5) is 0. The molecule has 0 saturated carbocycles. The number of benzene rings is 1. The molecule has 3 rings (SSSR count). The van der Waals surface area contributed by atoms with Crippen LogP contribution < -0.4 is 9.47 Å². The Hall–Kier alpha value is -3.28. The smallest absolute Gasteiger partial charge is 0.217 e. The van der Waals surface area contributed by atoms with Gasteiger partial charge in [-0.05, 0) is 6.07 Å². The summed E-state index contributed by atoms with van der Waals surface area (Å²) < 4.78 is 22.8. The van der Waals surface area contributed by atoms with Crippen LogP contribution in [0.3, 0.4) is 0 Å². The minimum absolute atomic E-state index is 0.296. The van der Waals surface area contributed by atoms with Gasteiger partial charge in [0.25, 0.3) is 0 Å². The van der Waals surface area contributed by atoms with Crippen LogP contribution in [0.1, 0.15) is 31.9 Å². The second kappa shape index (κ2) is 6.41. The molecule has 0 spiro atoms. The molecule has 2 heterocycles. The third-order valence-corrected chi connectivity index (χ3v) is 6.01. The van der Waals surface area contributed by atoms with Gasteiger partial charge in [0.15, 0.2) is 16.9 Å². The maximum atomic E-state index is 10.1. The number of hydrogen-bond acceptors (Lipinski definition) is 8. The Balaban J connectivity index is 2.38. The van der Waals surface area contributed by atoms with Crippen molar-refractivity contribution >= 4 is 5.90 Å². The van der Waals surface area contributed by atoms with E-state index in [1.54, 1.807) is 25.1 Å². The number of fused-ring (bicyclic) bond motifs is 2. The van der Waals surface area contributed by atoms with E-state index in [2.05, 4.69) is 6.07 Å². The van der Waals surface area contributed by atoms with Gasteiger partial charge in [0.05, 0.1) is 38.3 Å². The molecule has 0 amide bonds. The van der Waals surface area contributed by atoms with E-state index in [0.717, 1.165) is 0 Å². The van der Waals surface area contributed by atoms with Crippen molar-refractivity contribution in [1.29, 1.82) is 21.2 Å². The average Bonchev–Trinajstić information content (AvgIpc) is 2.89. The summed E-state index contributed by atoms with van der Waals surface area (Å²) in [6.45, 7) is 3.49. The summed E-state index contributed by atoms with van der Waals surface area (Å²) in [6, 6.07) is 11.1. The highest BCUT2D eigenvalue weighted by molar-refractivity contribution is 5.89. The van der Waals surface area contributed by atoms with Gasteiger partial charge >= 0.3 is 0 Å². The normalized spacial score (nSPS) is 32.4. The van der Waals surface area contributed by atoms with Gasteiger partial charge in [-0.1, -0.05) is 26.0 Å². The van der Waals surface area contributed by atoms with E-state index in [0.29, 0.717) is 23.5 Å². The van der Waals surface area contributed by atoms with Crippen molar-refractivity contribution < 1.29 is 18.9 Å². The standard InChI is InChI=1S/C20H20N4O4/c1-5-20-12(2)19(11-23,17(24)28-20)18(9-21,10-22)16(27-20)13-7-6-8-14(25-3)15(13)26-4/h6-8,12,16,24H,5H2,1-4H3. The van der Waals surface area contributed by atoms with E-state index >= 15 is 0 Å². The van der Waals surface area contributed by atoms with Crippen molar-refractivity contribution in [3.63, 3.8) is 0 Å². The van der Waals surface area contributed by atoms with Crippen LogP contribution in [0.5, 0.6) is 11.5 Å². The first-order valence-corrected chi connectivity index (χ1v) is 8.78. The van der Waals surface area contributed by atoms with Gasteiger partial charge < -0.3 is 18.9 Å². The predicted octanol–water partition coefficient (Wildman–Crippen LogP) is 3.07. The van der Waals surface area contributed by atoms with Crippen LogP contribution in [-0.2, 0) is 9.47 Å². The first-order valence-electron chi connectivity index (χ1n) is 8.78. The molecule has 0 aromatic heterocycles. The zero-order valence-electron chi connectivity index (χ0n) is 16.1. The maximum Gasteiger partial charge on any atom is 0.217 e. The molecule has 2 bridgehead atoms. The molecular formula is C20H20N4O4. The molecule has 2 saturated heterocycles. The molecule has 2 aliphatic heterocycles. The Labute approximate surface area is 163 Å². The number of para-hydroxylation sites is 1. The van der Waals surface area contributed by atoms with Crippen molar-refractivity contribution in [2.75, 3.05) is 14.2 Å². The first kappa shape index (κ1) is 19.5. The first-order chi connectivity index (χ1) is 13.4. The van der Waals surface area contributed by atoms with Gasteiger partial charge in [-0.15, -0.1) is 0 Å². The second-order valence-corrected chi connectivity index (χ2v) is 6.85. The zero-order chi connectivity index (χ0) is 20.7. The third-order valence-electron chi connectivity index (χ3n) is 6.01. The number of rotatable bonds is 4. The highest BCUT2D eigenvalue weighted by atomic mass is 16.7. The van der Waals surface area contributed by atoms with Crippen LogP contribution in [0.2, 0.25) is 0 Å². The summed E-state index contributed by atoms with van der Waals surface area (Å²) in [5, 5.41) is 38.8. The molecule has 0 aliphatic carbocycles. The lowest BCUT2D eigenvalue weighted by Crippen LogP contribution is -2.58. The predicted molar refractivity (Wildman–Crippen MR) is 96.1 cm³/mol. The Kier molecular flexibility index (Phi) is 4.46. The summed E-state index contributed by atoms with van der Waals surface area (Å²) in [7, 11) is 2.91. The average molecular weight is 380 g/mol. The van der Waals surface area contributed by atoms with Crippen LogP contribution in [0.4, 0.5) is 0 Å². The fourth-order valence-electron chi connectivity index (χ4n) is 4.44. The minimum atomic E-state index is -2.02. The van der Waals surface area contributed by atoms with Crippen molar-refractivity contribution in [3.8, 4) is 29.7 Å². The zero-order valence-corrected chi connectivity index (χ0v) is 16.1. The Morgan fingerprint density at radius 1 is 1.14 bits per heavy atom. The lowest BCUT2D eigenvalue weighted by Gasteiger charge is -2.48. The highest BCUT2D eigenvalue weighted by Crippen LogP contribution is 2.67. The monoisotopic (exact) mass is 380 g/mol. The molecule has 2 aliphatic rings. The van der Waals surface area contributed by atoms with Gasteiger partial charge in [-0.25, -0.2) is 0 Å². The molecule has 1 aromatic rings. The Morgan fingerprint density at radius 3 is 2.32 bits per heavy atom. The number of nitrogens with zero attached hydrogens (tertiary/aromatic N) is 3. The highest BCUT2D eigenvalue weighted by Gasteiger charge is 2.79. The van der Waals surface area contributed by atoms with Crippen molar-refractivity contribution in [2.24, 2.45) is 16.7 Å². The van der Waals surface area contributed by atoms with Gasteiger partial charge in [0.1, 0.15) is 6.10 Å². The van der Waals surface area contributed by atoms with E-state index < -0.39 is 34.5 Å². The SMILES string of the molecule is CCC12OC(=N)C(C#N)(C1C)C(C#N)(C#N)C(c1cccc(OC)c1OC)O2. The molecule has 8 nitrogen and oxygen atoms in total. The Bertz CT molecular complexity index is 942. The minimum Gasteiger partial charge on any atom is -0.493 e. The quantitative estimate of drug-likeness (QED) is 0.848. The van der Waals surface area contributed by atoms with Crippen molar-refractivity contribution in [3.05, 3.63) is 23.8 Å². The lowest BCUT2D eigenvalue weighted by atomic mass is 9.53. The van der Waals surface area contributed by atoms with Crippen LogP contribution in [0.15, 0.2) is 18.2 Å². The molecule has 0 radical (unpaired) electrons. The van der Waals surface area contributed by atoms with E-state index in [-0.39, 0.29) is 0 Å². The van der Waals surface area contributed by atoms with Gasteiger partial charge in [0.2, 0.25) is 17.1 Å². The van der Waals surface area contributed by atoms with Gasteiger partial charge in [-0.3, -0.25) is 5.41 Å². The second-order valence-electron chi connectivity index (χ2n) is 6.85. The summed E-state index contributed by atoms with van der Waals surface area (Å²) in [5.41, 5.74) is -3.43. The van der Waals surface area contributed by atoms with E-state index in [4.69, 9.17) is 24.4 Å². The van der Waals surface area contributed by atoms with Crippen LogP contribution in [0, 0.1) is 56.2 Å². The summed E-state index contributed by atoms with van der Waals surface area (Å²) in [6.07, 6.45) is -0.860. The summed E-state index contributed by atoms with van der Waals surface area (Å²) >= 11 is 0.